The fourth-order valence-electron chi connectivity index (χ4n) is 2.49. The Bertz CT molecular complexity index is 403. The molecule has 0 radical (unpaired) electrons. The van der Waals surface area contributed by atoms with E-state index in [-0.39, 0.29) is 6.10 Å². The fraction of sp³-hybridized carbons (Fsp3) is 0.769. The van der Waals surface area contributed by atoms with Gasteiger partial charge >= 0.3 is 0 Å². The Morgan fingerprint density at radius 1 is 1.44 bits per heavy atom. The number of hydrogen-bond acceptors (Lipinski definition) is 4. The number of nitrogens with zero attached hydrogens (tertiary/aromatic N) is 3. The molecule has 0 aliphatic carbocycles. The van der Waals surface area contributed by atoms with E-state index in [1.165, 1.54) is 11.3 Å². The number of hydrogen-bond donors (Lipinski definition) is 1. The highest BCUT2D eigenvalue weighted by molar-refractivity contribution is 5.24. The molecule has 2 heterocycles. The summed E-state index contributed by atoms with van der Waals surface area (Å²) in [6, 6.07) is 0. The van der Waals surface area contributed by atoms with Crippen molar-refractivity contribution in [3.05, 3.63) is 17.0 Å². The molecule has 5 heteroatoms. The second-order valence-electron chi connectivity index (χ2n) is 4.93. The maximum absolute atomic E-state index is 9.74. The van der Waals surface area contributed by atoms with Crippen molar-refractivity contribution in [2.24, 2.45) is 0 Å². The highest BCUT2D eigenvalue weighted by Crippen LogP contribution is 2.16. The second-order valence-corrected chi connectivity index (χ2v) is 4.93. The zero-order chi connectivity index (χ0) is 13.1. The maximum atomic E-state index is 9.74. The van der Waals surface area contributed by atoms with E-state index in [0.717, 1.165) is 25.3 Å². The number of aryl methyl sites for hydroxylation is 2. The third-order valence-corrected chi connectivity index (χ3v) is 3.54. The van der Waals surface area contributed by atoms with Crippen LogP contribution in [0.25, 0.3) is 0 Å². The lowest BCUT2D eigenvalue weighted by Gasteiger charge is -2.21. The van der Waals surface area contributed by atoms with Crippen LogP contribution in [0.4, 0.5) is 0 Å². The van der Waals surface area contributed by atoms with Crippen molar-refractivity contribution < 1.29 is 9.84 Å². The van der Waals surface area contributed by atoms with Gasteiger partial charge in [0.05, 0.1) is 25.0 Å². The molecule has 18 heavy (non-hydrogen) atoms. The molecule has 2 rings (SSSR count). The standard InChI is InChI=1S/C13H23N3O2/c1-4-16-11(3)13(10(2)14-16)8-15-5-6-18-9-12(17)7-15/h12,17H,4-9H2,1-3H3/t12-/m0/s1. The third kappa shape index (κ3) is 2.91. The van der Waals surface area contributed by atoms with E-state index in [2.05, 4.69) is 30.8 Å². The van der Waals surface area contributed by atoms with Crippen LogP contribution in [0.1, 0.15) is 23.9 Å². The number of β-amino-alcohol motifs (C(OH)–C–C–N with tert-alkyl or cyclic N) is 1. The third-order valence-electron chi connectivity index (χ3n) is 3.54. The Morgan fingerprint density at radius 3 is 2.89 bits per heavy atom. The summed E-state index contributed by atoms with van der Waals surface area (Å²) in [5.74, 6) is 0. The molecule has 1 atom stereocenters. The van der Waals surface area contributed by atoms with Crippen LogP contribution in [0, 0.1) is 13.8 Å². The molecule has 1 N–H and O–H groups in total. The molecule has 1 aromatic rings. The van der Waals surface area contributed by atoms with Crippen molar-refractivity contribution in [3.8, 4) is 0 Å². The van der Waals surface area contributed by atoms with Crippen LogP contribution in [0.2, 0.25) is 0 Å². The van der Waals surface area contributed by atoms with E-state index >= 15 is 0 Å². The summed E-state index contributed by atoms with van der Waals surface area (Å²) in [4.78, 5) is 2.24. The summed E-state index contributed by atoms with van der Waals surface area (Å²) in [6.07, 6.45) is -0.380. The Hall–Kier alpha value is -0.910. The number of aliphatic hydroxyl groups excluding tert-OH is 1. The molecule has 1 saturated heterocycles. The largest absolute Gasteiger partial charge is 0.389 e. The van der Waals surface area contributed by atoms with Crippen LogP contribution in [0.15, 0.2) is 0 Å². The van der Waals surface area contributed by atoms with E-state index in [9.17, 15) is 5.11 Å². The van der Waals surface area contributed by atoms with E-state index in [1.54, 1.807) is 0 Å². The first-order valence-electron chi connectivity index (χ1n) is 6.62. The molecule has 1 fully saturated rings. The minimum absolute atomic E-state index is 0.380. The molecule has 1 aliphatic heterocycles. The Labute approximate surface area is 108 Å². The van der Waals surface area contributed by atoms with Gasteiger partial charge in [-0.1, -0.05) is 0 Å². The molecule has 0 unspecified atom stereocenters. The zero-order valence-corrected chi connectivity index (χ0v) is 11.5. The number of aromatic nitrogens is 2. The topological polar surface area (TPSA) is 50.5 Å². The average molecular weight is 253 g/mol. The van der Waals surface area contributed by atoms with Gasteiger partial charge in [-0.3, -0.25) is 9.58 Å². The van der Waals surface area contributed by atoms with Crippen LogP contribution < -0.4 is 0 Å². The van der Waals surface area contributed by atoms with E-state index in [4.69, 9.17) is 4.74 Å². The highest BCUT2D eigenvalue weighted by Gasteiger charge is 2.19. The Kier molecular flexibility index (Phi) is 4.37. The number of ether oxygens (including phenoxy) is 1. The molecule has 0 saturated carbocycles. The van der Waals surface area contributed by atoms with Gasteiger partial charge in [-0.05, 0) is 20.8 Å². The van der Waals surface area contributed by atoms with Gasteiger partial charge in [0, 0.05) is 37.4 Å². The monoisotopic (exact) mass is 253 g/mol. The van der Waals surface area contributed by atoms with Crippen molar-refractivity contribution >= 4 is 0 Å². The smallest absolute Gasteiger partial charge is 0.0900 e. The van der Waals surface area contributed by atoms with E-state index in [0.29, 0.717) is 19.8 Å². The SMILES string of the molecule is CCn1nc(C)c(CN2CCOC[C@@H](O)C2)c1C. The van der Waals surface area contributed by atoms with Gasteiger partial charge in [-0.2, -0.15) is 5.10 Å². The van der Waals surface area contributed by atoms with Crippen LogP contribution >= 0.6 is 0 Å². The molecule has 1 aromatic heterocycles. The van der Waals surface area contributed by atoms with Gasteiger partial charge in [0.25, 0.3) is 0 Å². The van der Waals surface area contributed by atoms with Gasteiger partial charge in [-0.25, -0.2) is 0 Å². The van der Waals surface area contributed by atoms with Crippen LogP contribution in [0.5, 0.6) is 0 Å². The predicted molar refractivity (Wildman–Crippen MR) is 69.5 cm³/mol. The minimum atomic E-state index is -0.380. The van der Waals surface area contributed by atoms with Crippen LogP contribution in [0.3, 0.4) is 0 Å². The number of aliphatic hydroxyl groups is 1. The Morgan fingerprint density at radius 2 is 2.22 bits per heavy atom. The zero-order valence-electron chi connectivity index (χ0n) is 11.5. The lowest BCUT2D eigenvalue weighted by atomic mass is 10.1. The normalized spacial score (nSPS) is 22.1. The predicted octanol–water partition coefficient (Wildman–Crippen LogP) is 0.713. The van der Waals surface area contributed by atoms with Crippen molar-refractivity contribution in [2.75, 3.05) is 26.3 Å². The van der Waals surface area contributed by atoms with Crippen molar-refractivity contribution in [1.29, 1.82) is 0 Å². The molecule has 0 spiro atoms. The molecule has 1 aliphatic rings. The molecular weight excluding hydrogens is 230 g/mol. The van der Waals surface area contributed by atoms with Gasteiger partial charge in [-0.15, -0.1) is 0 Å². The summed E-state index contributed by atoms with van der Waals surface area (Å²) < 4.78 is 7.39. The lowest BCUT2D eigenvalue weighted by Crippen LogP contribution is -2.32. The van der Waals surface area contributed by atoms with E-state index in [1.807, 2.05) is 4.68 Å². The van der Waals surface area contributed by atoms with Gasteiger partial charge in [0.2, 0.25) is 0 Å². The summed E-state index contributed by atoms with van der Waals surface area (Å²) in [7, 11) is 0. The molecule has 0 bridgehead atoms. The minimum Gasteiger partial charge on any atom is -0.389 e. The van der Waals surface area contributed by atoms with Crippen LogP contribution in [-0.4, -0.2) is 52.2 Å². The number of rotatable bonds is 3. The van der Waals surface area contributed by atoms with Crippen LogP contribution in [-0.2, 0) is 17.8 Å². The average Bonchev–Trinajstić information content (AvgIpc) is 2.53. The first-order valence-corrected chi connectivity index (χ1v) is 6.62. The van der Waals surface area contributed by atoms with Crippen molar-refractivity contribution in [2.45, 2.75) is 40.0 Å². The molecule has 5 nitrogen and oxygen atoms in total. The van der Waals surface area contributed by atoms with Crippen molar-refractivity contribution in [1.82, 2.24) is 14.7 Å². The second kappa shape index (κ2) is 5.82. The maximum Gasteiger partial charge on any atom is 0.0900 e. The summed E-state index contributed by atoms with van der Waals surface area (Å²) in [6.45, 7) is 10.7. The quantitative estimate of drug-likeness (QED) is 0.862. The highest BCUT2D eigenvalue weighted by atomic mass is 16.5. The lowest BCUT2D eigenvalue weighted by molar-refractivity contribution is 0.0562. The fourth-order valence-corrected chi connectivity index (χ4v) is 2.49. The summed E-state index contributed by atoms with van der Waals surface area (Å²) >= 11 is 0. The summed E-state index contributed by atoms with van der Waals surface area (Å²) in [5.41, 5.74) is 3.61. The first kappa shape index (κ1) is 13.5. The summed E-state index contributed by atoms with van der Waals surface area (Å²) in [5, 5.41) is 14.3. The molecule has 102 valence electrons. The van der Waals surface area contributed by atoms with Gasteiger partial charge < -0.3 is 9.84 Å². The van der Waals surface area contributed by atoms with Crippen molar-refractivity contribution in [3.63, 3.8) is 0 Å². The van der Waals surface area contributed by atoms with Gasteiger partial charge in [0.15, 0.2) is 0 Å². The molecular formula is C13H23N3O2. The van der Waals surface area contributed by atoms with Gasteiger partial charge in [0.1, 0.15) is 0 Å². The molecule has 0 aromatic carbocycles. The molecule has 0 amide bonds. The Balaban J connectivity index is 2.10. The van der Waals surface area contributed by atoms with E-state index < -0.39 is 0 Å². The first-order chi connectivity index (χ1) is 8.61.